The Bertz CT molecular complexity index is 563. The van der Waals surface area contributed by atoms with E-state index in [1.54, 1.807) is 26.0 Å². The number of nitrogens with one attached hydrogen (secondary N) is 1. The molecule has 0 saturated carbocycles. The van der Waals surface area contributed by atoms with Gasteiger partial charge >= 0.3 is 6.01 Å². The summed E-state index contributed by atoms with van der Waals surface area (Å²) in [5, 5.41) is 19.2. The summed E-state index contributed by atoms with van der Waals surface area (Å²) in [6, 6.07) is 4.75. The fourth-order valence-corrected chi connectivity index (χ4v) is 1.38. The highest BCUT2D eigenvalue weighted by atomic mass is 16.4. The Morgan fingerprint density at radius 2 is 2.12 bits per heavy atom. The van der Waals surface area contributed by atoms with Gasteiger partial charge in [-0.1, -0.05) is 11.2 Å². The molecular weight excluding hydrogens is 222 g/mol. The topological polar surface area (TPSA) is 88.2 Å². The Hall–Kier alpha value is -2.37. The van der Waals surface area contributed by atoms with Crippen LogP contribution in [0.1, 0.15) is 21.8 Å². The Morgan fingerprint density at radius 1 is 1.35 bits per heavy atom. The van der Waals surface area contributed by atoms with Crippen LogP contribution < -0.4 is 5.32 Å². The van der Waals surface area contributed by atoms with Crippen molar-refractivity contribution in [3.05, 3.63) is 35.2 Å². The third kappa shape index (κ3) is 2.25. The van der Waals surface area contributed by atoms with Crippen molar-refractivity contribution in [3.63, 3.8) is 0 Å². The summed E-state index contributed by atoms with van der Waals surface area (Å²) in [6.07, 6.45) is 0. The van der Waals surface area contributed by atoms with E-state index < -0.39 is 5.91 Å². The van der Waals surface area contributed by atoms with E-state index in [1.165, 1.54) is 6.07 Å². The van der Waals surface area contributed by atoms with Gasteiger partial charge < -0.3 is 9.52 Å². The number of carbonyl (C=O) groups excluding carboxylic acids is 1. The lowest BCUT2D eigenvalue weighted by atomic mass is 10.1. The van der Waals surface area contributed by atoms with Crippen molar-refractivity contribution in [1.82, 2.24) is 10.2 Å². The van der Waals surface area contributed by atoms with Crippen molar-refractivity contribution in [1.29, 1.82) is 0 Å². The van der Waals surface area contributed by atoms with Gasteiger partial charge in [0.1, 0.15) is 5.75 Å². The predicted octanol–water partition coefficient (Wildman–Crippen LogP) is 1.64. The van der Waals surface area contributed by atoms with E-state index in [9.17, 15) is 9.90 Å². The van der Waals surface area contributed by atoms with Crippen LogP contribution >= 0.6 is 0 Å². The normalized spacial score (nSPS) is 10.2. The van der Waals surface area contributed by atoms with Crippen molar-refractivity contribution in [2.45, 2.75) is 13.8 Å². The molecular formula is C11H11N3O3. The highest BCUT2D eigenvalue weighted by Crippen LogP contribution is 2.20. The number of aromatic nitrogens is 2. The summed E-state index contributed by atoms with van der Waals surface area (Å²) in [6.45, 7) is 3.28. The Kier molecular flexibility index (Phi) is 2.78. The maximum atomic E-state index is 11.8. The third-order valence-corrected chi connectivity index (χ3v) is 2.30. The van der Waals surface area contributed by atoms with E-state index in [-0.39, 0.29) is 11.8 Å². The molecule has 1 aromatic heterocycles. The largest absolute Gasteiger partial charge is 0.508 e. The second-order valence-corrected chi connectivity index (χ2v) is 3.53. The van der Waals surface area contributed by atoms with Gasteiger partial charge in [0.2, 0.25) is 5.89 Å². The molecule has 0 fully saturated rings. The zero-order valence-electron chi connectivity index (χ0n) is 9.39. The van der Waals surface area contributed by atoms with E-state index in [0.717, 1.165) is 0 Å². The predicted molar refractivity (Wildman–Crippen MR) is 59.8 cm³/mol. The van der Waals surface area contributed by atoms with Gasteiger partial charge in [-0.05, 0) is 19.1 Å². The number of phenols is 1. The third-order valence-electron chi connectivity index (χ3n) is 2.30. The Labute approximate surface area is 97.3 Å². The van der Waals surface area contributed by atoms with Crippen LogP contribution in [0.4, 0.5) is 6.01 Å². The summed E-state index contributed by atoms with van der Waals surface area (Å²) >= 11 is 0. The number of hydrogen-bond acceptors (Lipinski definition) is 5. The maximum Gasteiger partial charge on any atom is 0.322 e. The molecule has 88 valence electrons. The molecule has 2 rings (SSSR count). The zero-order chi connectivity index (χ0) is 12.4. The van der Waals surface area contributed by atoms with Gasteiger partial charge in [0.25, 0.3) is 5.91 Å². The van der Waals surface area contributed by atoms with Crippen molar-refractivity contribution in [2.75, 3.05) is 5.32 Å². The summed E-state index contributed by atoms with van der Waals surface area (Å²) < 4.78 is 5.03. The molecule has 1 heterocycles. The number of aryl methyl sites for hydroxylation is 1. The zero-order valence-corrected chi connectivity index (χ0v) is 9.39. The van der Waals surface area contributed by atoms with Gasteiger partial charge in [-0.25, -0.2) is 0 Å². The molecule has 0 spiro atoms. The fourth-order valence-electron chi connectivity index (χ4n) is 1.38. The van der Waals surface area contributed by atoms with E-state index >= 15 is 0 Å². The lowest BCUT2D eigenvalue weighted by molar-refractivity contribution is 0.102. The molecule has 2 aromatic rings. The van der Waals surface area contributed by atoms with Gasteiger partial charge in [-0.2, -0.15) is 0 Å². The molecule has 0 aliphatic carbocycles. The first-order chi connectivity index (χ1) is 8.08. The quantitative estimate of drug-likeness (QED) is 0.823. The summed E-state index contributed by atoms with van der Waals surface area (Å²) in [7, 11) is 0. The number of benzene rings is 1. The monoisotopic (exact) mass is 233 g/mol. The van der Waals surface area contributed by atoms with Crippen LogP contribution in [0.5, 0.6) is 5.75 Å². The SMILES string of the molecule is Cc1nnc(NC(=O)c2cccc(O)c2C)o1. The number of hydrogen-bond donors (Lipinski definition) is 2. The molecule has 2 N–H and O–H groups in total. The number of amides is 1. The minimum absolute atomic E-state index is 0.0373. The number of aromatic hydroxyl groups is 1. The molecule has 6 nitrogen and oxygen atoms in total. The van der Waals surface area contributed by atoms with E-state index in [2.05, 4.69) is 15.5 Å². The van der Waals surface area contributed by atoms with Crippen LogP contribution in [-0.2, 0) is 0 Å². The van der Waals surface area contributed by atoms with Crippen LogP contribution in [0.3, 0.4) is 0 Å². The molecule has 1 aromatic carbocycles. The van der Waals surface area contributed by atoms with Crippen molar-refractivity contribution >= 4 is 11.9 Å². The van der Waals surface area contributed by atoms with Crippen molar-refractivity contribution < 1.29 is 14.3 Å². The Balaban J connectivity index is 2.23. The number of anilines is 1. The average Bonchev–Trinajstić information content (AvgIpc) is 2.68. The standard InChI is InChI=1S/C11H11N3O3/c1-6-8(4-3-5-9(6)15)10(16)12-11-14-13-7(2)17-11/h3-5,15H,1-2H3,(H,12,14,16). The van der Waals surface area contributed by atoms with Crippen LogP contribution in [0, 0.1) is 13.8 Å². The lowest BCUT2D eigenvalue weighted by Gasteiger charge is -2.05. The maximum absolute atomic E-state index is 11.8. The first-order valence-corrected chi connectivity index (χ1v) is 4.98. The average molecular weight is 233 g/mol. The lowest BCUT2D eigenvalue weighted by Crippen LogP contribution is -2.13. The van der Waals surface area contributed by atoms with Gasteiger partial charge in [0, 0.05) is 18.1 Å². The molecule has 17 heavy (non-hydrogen) atoms. The fraction of sp³-hybridized carbons (Fsp3) is 0.182. The first kappa shape index (κ1) is 11.1. The second kappa shape index (κ2) is 4.25. The minimum atomic E-state index is -0.401. The molecule has 0 radical (unpaired) electrons. The molecule has 6 heteroatoms. The highest BCUT2D eigenvalue weighted by Gasteiger charge is 2.13. The smallest absolute Gasteiger partial charge is 0.322 e. The summed E-state index contributed by atoms with van der Waals surface area (Å²) in [5.41, 5.74) is 0.863. The molecule has 0 saturated heterocycles. The minimum Gasteiger partial charge on any atom is -0.508 e. The summed E-state index contributed by atoms with van der Waals surface area (Å²) in [5.74, 6) is 0.0364. The van der Waals surface area contributed by atoms with Crippen LogP contribution in [0.25, 0.3) is 0 Å². The Morgan fingerprint density at radius 3 is 2.76 bits per heavy atom. The van der Waals surface area contributed by atoms with E-state index in [4.69, 9.17) is 4.42 Å². The molecule has 1 amide bonds. The van der Waals surface area contributed by atoms with Crippen molar-refractivity contribution in [3.8, 4) is 5.75 Å². The molecule has 0 unspecified atom stereocenters. The number of rotatable bonds is 2. The van der Waals surface area contributed by atoms with Gasteiger partial charge in [0.15, 0.2) is 0 Å². The second-order valence-electron chi connectivity index (χ2n) is 3.53. The van der Waals surface area contributed by atoms with Gasteiger partial charge in [-0.15, -0.1) is 5.10 Å². The van der Waals surface area contributed by atoms with E-state index in [1.807, 2.05) is 0 Å². The first-order valence-electron chi connectivity index (χ1n) is 4.98. The van der Waals surface area contributed by atoms with Crippen molar-refractivity contribution in [2.24, 2.45) is 0 Å². The van der Waals surface area contributed by atoms with Gasteiger partial charge in [0.05, 0.1) is 0 Å². The molecule has 0 bridgehead atoms. The van der Waals surface area contributed by atoms with E-state index in [0.29, 0.717) is 17.0 Å². The molecule has 0 aliphatic rings. The number of carbonyl (C=O) groups is 1. The highest BCUT2D eigenvalue weighted by molar-refractivity contribution is 6.04. The van der Waals surface area contributed by atoms with Gasteiger partial charge in [-0.3, -0.25) is 10.1 Å². The molecule has 0 aliphatic heterocycles. The van der Waals surface area contributed by atoms with Crippen LogP contribution in [0.2, 0.25) is 0 Å². The summed E-state index contributed by atoms with van der Waals surface area (Å²) in [4.78, 5) is 11.8. The number of phenolic OH excluding ortho intramolecular Hbond substituents is 1. The van der Waals surface area contributed by atoms with Crippen LogP contribution in [0.15, 0.2) is 22.6 Å². The van der Waals surface area contributed by atoms with Crippen LogP contribution in [-0.4, -0.2) is 21.2 Å². The molecule has 0 atom stereocenters. The number of nitrogens with zero attached hydrogens (tertiary/aromatic N) is 2.